The van der Waals surface area contributed by atoms with Gasteiger partial charge >= 0.3 is 6.18 Å². The number of rotatable bonds is 7. The van der Waals surface area contributed by atoms with Crippen LogP contribution in [0.1, 0.15) is 23.2 Å². The fraction of sp³-hybridized carbons (Fsp3) is 0.565. The average Bonchev–Trinajstić information content (AvgIpc) is 3.48. The molecule has 1 N–H and O–H groups in total. The number of carbonyl (C=O) groups is 1. The van der Waals surface area contributed by atoms with Gasteiger partial charge in [0.1, 0.15) is 17.7 Å². The van der Waals surface area contributed by atoms with Crippen LogP contribution in [0.2, 0.25) is 0 Å². The quantitative estimate of drug-likeness (QED) is 0.550. The molecular formula is C23H27F3N6O4. The van der Waals surface area contributed by atoms with Gasteiger partial charge in [-0.15, -0.1) is 0 Å². The van der Waals surface area contributed by atoms with Gasteiger partial charge in [0.05, 0.1) is 31.9 Å². The molecule has 36 heavy (non-hydrogen) atoms. The number of halogens is 3. The number of nitrogens with zero attached hydrogens (tertiary/aromatic N) is 6. The molecule has 5 rings (SSSR count). The van der Waals surface area contributed by atoms with Crippen LogP contribution in [0.5, 0.6) is 0 Å². The number of alkyl halides is 3. The normalized spacial score (nSPS) is 23.2. The molecule has 0 spiro atoms. The predicted molar refractivity (Wildman–Crippen MR) is 125 cm³/mol. The molecule has 13 heteroatoms. The third kappa shape index (κ3) is 4.52. The van der Waals surface area contributed by atoms with E-state index < -0.39 is 30.1 Å². The van der Waals surface area contributed by atoms with Crippen LogP contribution < -0.4 is 20.3 Å². The molecule has 0 aromatic carbocycles. The molecule has 3 aliphatic rings. The number of aliphatic hydroxyl groups is 1. The van der Waals surface area contributed by atoms with E-state index in [0.717, 1.165) is 11.3 Å². The maximum atomic E-state index is 14.0. The van der Waals surface area contributed by atoms with E-state index in [1.54, 1.807) is 18.0 Å². The van der Waals surface area contributed by atoms with Gasteiger partial charge in [-0.25, -0.2) is 4.98 Å². The van der Waals surface area contributed by atoms with Crippen LogP contribution in [0, 0.1) is 0 Å². The summed E-state index contributed by atoms with van der Waals surface area (Å²) in [4.78, 5) is 39.1. The second-order valence-corrected chi connectivity index (χ2v) is 9.35. The summed E-state index contributed by atoms with van der Waals surface area (Å²) in [6.07, 6.45) is -2.88. The molecule has 2 saturated heterocycles. The molecule has 0 amide bonds. The highest BCUT2D eigenvalue weighted by molar-refractivity contribution is 5.99. The van der Waals surface area contributed by atoms with Gasteiger partial charge < -0.3 is 24.5 Å². The first-order chi connectivity index (χ1) is 17.2. The van der Waals surface area contributed by atoms with Gasteiger partial charge in [-0.05, 0) is 25.0 Å². The first-order valence-corrected chi connectivity index (χ1v) is 11.8. The number of likely N-dealkylation sites (N-methyl/N-ethyl adjacent to an activating group) is 1. The Balaban J connectivity index is 1.46. The lowest BCUT2D eigenvalue weighted by Gasteiger charge is -2.39. The maximum Gasteiger partial charge on any atom is 0.408 e. The fourth-order valence-corrected chi connectivity index (χ4v) is 5.09. The van der Waals surface area contributed by atoms with Gasteiger partial charge in [0.25, 0.3) is 5.56 Å². The molecule has 194 valence electrons. The number of ether oxygens (including phenoxy) is 1. The Bertz CT molecular complexity index is 1190. The van der Waals surface area contributed by atoms with Crippen molar-refractivity contribution in [3.05, 3.63) is 40.3 Å². The predicted octanol–water partition coefficient (Wildman–Crippen LogP) is 1.07. The number of morpholine rings is 1. The number of hydrogen-bond donors (Lipinski definition) is 1. The molecule has 0 radical (unpaired) electrons. The fourth-order valence-electron chi connectivity index (χ4n) is 5.09. The Hall–Kier alpha value is -3.19. The van der Waals surface area contributed by atoms with Crippen molar-refractivity contribution < 1.29 is 27.8 Å². The summed E-state index contributed by atoms with van der Waals surface area (Å²) in [5, 5.41) is 9.07. The minimum absolute atomic E-state index is 0.0167. The zero-order valence-corrected chi connectivity index (χ0v) is 19.7. The van der Waals surface area contributed by atoms with Gasteiger partial charge in [0.2, 0.25) is 5.95 Å². The van der Waals surface area contributed by atoms with Crippen molar-refractivity contribution in [3.8, 4) is 0 Å². The van der Waals surface area contributed by atoms with Crippen LogP contribution in [0.4, 0.5) is 30.8 Å². The first-order valence-electron chi connectivity index (χ1n) is 11.8. The van der Waals surface area contributed by atoms with E-state index in [1.165, 1.54) is 22.9 Å². The number of aromatic nitrogens is 3. The zero-order valence-electron chi connectivity index (χ0n) is 19.7. The van der Waals surface area contributed by atoms with E-state index in [0.29, 0.717) is 31.3 Å². The van der Waals surface area contributed by atoms with Crippen molar-refractivity contribution in [1.82, 2.24) is 14.5 Å². The molecule has 2 unspecified atom stereocenters. The smallest absolute Gasteiger partial charge is 0.395 e. The van der Waals surface area contributed by atoms with Crippen molar-refractivity contribution >= 4 is 23.4 Å². The summed E-state index contributed by atoms with van der Waals surface area (Å²) in [6.45, 7) is 0.513. The highest BCUT2D eigenvalue weighted by atomic mass is 19.4. The second kappa shape index (κ2) is 9.36. The molecule has 3 atom stereocenters. The number of Topliss-reactive ketones (excluding diaryl/α,β-unsaturated/α-hetero) is 1. The van der Waals surface area contributed by atoms with Gasteiger partial charge in [0.15, 0.2) is 5.78 Å². The van der Waals surface area contributed by atoms with Crippen molar-refractivity contribution in [2.45, 2.75) is 43.8 Å². The number of ketones is 1. The molecule has 3 aliphatic heterocycles. The zero-order chi connectivity index (χ0) is 25.6. The monoisotopic (exact) mass is 508 g/mol. The van der Waals surface area contributed by atoms with E-state index in [4.69, 9.17) is 9.84 Å². The lowest BCUT2D eigenvalue weighted by Crippen LogP contribution is -2.54. The molecule has 10 nitrogen and oxygen atoms in total. The van der Waals surface area contributed by atoms with E-state index >= 15 is 0 Å². The Kier molecular flexibility index (Phi) is 6.37. The van der Waals surface area contributed by atoms with Crippen molar-refractivity contribution in [2.24, 2.45) is 0 Å². The minimum atomic E-state index is -4.62. The van der Waals surface area contributed by atoms with E-state index in [2.05, 4.69) is 9.97 Å². The molecular weight excluding hydrogens is 481 g/mol. The Morgan fingerprint density at radius 2 is 2.14 bits per heavy atom. The first kappa shape index (κ1) is 24.5. The van der Waals surface area contributed by atoms with Gasteiger partial charge in [-0.3, -0.25) is 14.2 Å². The molecule has 2 aromatic rings. The van der Waals surface area contributed by atoms with Crippen LogP contribution >= 0.6 is 0 Å². The van der Waals surface area contributed by atoms with E-state index in [-0.39, 0.29) is 43.2 Å². The third-order valence-corrected chi connectivity index (χ3v) is 7.02. The SMILES string of the molecule is CN(CCO)c1ccc(C(=O)CN2c3nc(N4CC5CC4CO5)cc(=O)n3CC[C@H]2C(F)(F)F)cn1. The van der Waals surface area contributed by atoms with Crippen molar-refractivity contribution in [2.75, 3.05) is 54.6 Å². The van der Waals surface area contributed by atoms with E-state index in [1.807, 2.05) is 4.90 Å². The third-order valence-electron chi connectivity index (χ3n) is 7.02. The van der Waals surface area contributed by atoms with Gasteiger partial charge in [-0.2, -0.15) is 18.2 Å². The molecule has 5 heterocycles. The highest BCUT2D eigenvalue weighted by Crippen LogP contribution is 2.36. The summed E-state index contributed by atoms with van der Waals surface area (Å²) in [5.74, 6) is 0.0873. The topological polar surface area (TPSA) is 104 Å². The lowest BCUT2D eigenvalue weighted by atomic mass is 10.1. The van der Waals surface area contributed by atoms with Crippen molar-refractivity contribution in [3.63, 3.8) is 0 Å². The molecule has 0 saturated carbocycles. The number of carbonyl (C=O) groups excluding carboxylic acids is 1. The minimum Gasteiger partial charge on any atom is -0.395 e. The summed E-state index contributed by atoms with van der Waals surface area (Å²) < 4.78 is 48.9. The Morgan fingerprint density at radius 1 is 1.33 bits per heavy atom. The van der Waals surface area contributed by atoms with Crippen LogP contribution in [0.25, 0.3) is 0 Å². The summed E-state index contributed by atoms with van der Waals surface area (Å²) >= 11 is 0. The molecule has 2 aromatic heterocycles. The lowest BCUT2D eigenvalue weighted by molar-refractivity contribution is -0.152. The highest BCUT2D eigenvalue weighted by Gasteiger charge is 2.48. The Morgan fingerprint density at radius 3 is 2.75 bits per heavy atom. The van der Waals surface area contributed by atoms with Crippen LogP contribution in [0.15, 0.2) is 29.2 Å². The summed E-state index contributed by atoms with van der Waals surface area (Å²) in [7, 11) is 1.72. The maximum absolute atomic E-state index is 14.0. The van der Waals surface area contributed by atoms with Crippen molar-refractivity contribution in [1.29, 1.82) is 0 Å². The number of fused-ring (bicyclic) bond motifs is 3. The number of hydrogen-bond acceptors (Lipinski definition) is 9. The van der Waals surface area contributed by atoms with Crippen LogP contribution in [-0.4, -0.2) is 89.7 Å². The Labute approximate surface area is 204 Å². The number of anilines is 3. The molecule has 2 bridgehead atoms. The van der Waals surface area contributed by atoms with Gasteiger partial charge in [0, 0.05) is 44.5 Å². The van der Waals surface area contributed by atoms with Gasteiger partial charge in [-0.1, -0.05) is 0 Å². The van der Waals surface area contributed by atoms with Crippen LogP contribution in [0.3, 0.4) is 0 Å². The molecule has 0 aliphatic carbocycles. The number of aliphatic hydroxyl groups excluding tert-OH is 1. The average molecular weight is 509 g/mol. The summed E-state index contributed by atoms with van der Waals surface area (Å²) in [6, 6.07) is 2.48. The second-order valence-electron chi connectivity index (χ2n) is 9.35. The molecule has 2 fully saturated rings. The summed E-state index contributed by atoms with van der Waals surface area (Å²) in [5.41, 5.74) is -0.309. The number of pyridine rings is 1. The largest absolute Gasteiger partial charge is 0.408 e. The van der Waals surface area contributed by atoms with Crippen LogP contribution in [-0.2, 0) is 11.3 Å². The standard InChI is InChI=1S/C23H27F3N6O4/c1-29(6-7-33)19-3-2-14(10-27-19)17(34)12-32-18(23(24,25)26)4-5-30-21(35)9-20(28-22(30)32)31-11-16-8-15(31)13-36-16/h2-3,9-10,15-16,18,33H,4-8,11-13H2,1H3/t15?,16?,18-/m0/s1. The van der Waals surface area contributed by atoms with E-state index in [9.17, 15) is 22.8 Å².